The van der Waals surface area contributed by atoms with Gasteiger partial charge in [0.05, 0.1) is 6.54 Å². The molecule has 1 aliphatic rings. The van der Waals surface area contributed by atoms with Crippen molar-refractivity contribution in [3.8, 4) is 0 Å². The average Bonchev–Trinajstić information content (AvgIpc) is 2.79. The second-order valence-electron chi connectivity index (χ2n) is 5.73. The third-order valence-electron chi connectivity index (χ3n) is 4.22. The molecule has 2 heterocycles. The molecular weight excluding hydrogens is 276 g/mol. The van der Waals surface area contributed by atoms with Crippen LogP contribution in [0.2, 0.25) is 0 Å². The molecule has 0 radical (unpaired) electrons. The maximum absolute atomic E-state index is 12.2. The molecule has 0 unspecified atom stereocenters. The van der Waals surface area contributed by atoms with Gasteiger partial charge in [0.2, 0.25) is 0 Å². The molecule has 1 aromatic carbocycles. The van der Waals surface area contributed by atoms with Gasteiger partial charge in [0.15, 0.2) is 5.82 Å². The van der Waals surface area contributed by atoms with Crippen LogP contribution in [0.25, 0.3) is 0 Å². The van der Waals surface area contributed by atoms with Gasteiger partial charge in [-0.25, -0.2) is 0 Å². The quantitative estimate of drug-likeness (QED) is 0.943. The first kappa shape index (κ1) is 14.8. The lowest BCUT2D eigenvalue weighted by molar-refractivity contribution is 0.0949. The second kappa shape index (κ2) is 6.73. The lowest BCUT2D eigenvalue weighted by atomic mass is 10.1. The Hall–Kier alpha value is -2.17. The zero-order valence-corrected chi connectivity index (χ0v) is 13.0. The normalized spacial score (nSPS) is 14.2. The van der Waals surface area contributed by atoms with E-state index in [2.05, 4.69) is 27.0 Å². The Labute approximate surface area is 130 Å². The van der Waals surface area contributed by atoms with E-state index < -0.39 is 0 Å². The third-order valence-corrected chi connectivity index (χ3v) is 4.22. The molecule has 5 heteroatoms. The number of amides is 1. The summed E-state index contributed by atoms with van der Waals surface area (Å²) in [7, 11) is 0. The van der Waals surface area contributed by atoms with E-state index in [-0.39, 0.29) is 5.91 Å². The summed E-state index contributed by atoms with van der Waals surface area (Å²) in [6.45, 7) is 3.49. The number of hydrogen-bond donors (Lipinski definition) is 1. The first-order valence-corrected chi connectivity index (χ1v) is 8.06. The summed E-state index contributed by atoms with van der Waals surface area (Å²) in [5.74, 6) is 1.85. The van der Waals surface area contributed by atoms with E-state index in [9.17, 15) is 4.79 Å². The summed E-state index contributed by atoms with van der Waals surface area (Å²) >= 11 is 0. The summed E-state index contributed by atoms with van der Waals surface area (Å²) < 4.78 is 2.16. The predicted molar refractivity (Wildman–Crippen MR) is 84.6 cm³/mol. The van der Waals surface area contributed by atoms with Gasteiger partial charge in [-0.05, 0) is 37.0 Å². The van der Waals surface area contributed by atoms with Gasteiger partial charge in [0.1, 0.15) is 5.82 Å². The number of nitrogens with one attached hydrogen (secondary N) is 1. The Kier molecular flexibility index (Phi) is 4.51. The van der Waals surface area contributed by atoms with Gasteiger partial charge in [0, 0.05) is 18.5 Å². The van der Waals surface area contributed by atoms with E-state index in [1.165, 1.54) is 18.4 Å². The van der Waals surface area contributed by atoms with Crippen molar-refractivity contribution in [2.75, 3.05) is 0 Å². The van der Waals surface area contributed by atoms with Gasteiger partial charge >= 0.3 is 0 Å². The van der Waals surface area contributed by atoms with E-state index in [0.717, 1.165) is 37.5 Å². The fraction of sp³-hybridized carbons (Fsp3) is 0.471. The molecule has 1 aromatic heterocycles. The van der Waals surface area contributed by atoms with Crippen LogP contribution < -0.4 is 5.32 Å². The highest BCUT2D eigenvalue weighted by Gasteiger charge is 2.15. The standard InChI is InChI=1S/C17H22N4O/c1-2-13-7-9-14(10-8-13)17(22)18-12-16-20-19-15-6-4-3-5-11-21(15)16/h7-10H,2-6,11-12H2,1H3,(H,18,22). The van der Waals surface area contributed by atoms with Gasteiger partial charge < -0.3 is 9.88 Å². The molecule has 1 N–H and O–H groups in total. The van der Waals surface area contributed by atoms with Crippen LogP contribution in [0.1, 0.15) is 53.8 Å². The molecule has 0 aliphatic carbocycles. The molecule has 0 bridgehead atoms. The van der Waals surface area contributed by atoms with E-state index in [4.69, 9.17) is 0 Å². The van der Waals surface area contributed by atoms with Gasteiger partial charge in [0.25, 0.3) is 5.91 Å². The summed E-state index contributed by atoms with van der Waals surface area (Å²) in [4.78, 5) is 12.2. The lowest BCUT2D eigenvalue weighted by Gasteiger charge is -2.08. The number of aromatic nitrogens is 3. The van der Waals surface area contributed by atoms with Gasteiger partial charge in [-0.2, -0.15) is 0 Å². The van der Waals surface area contributed by atoms with Crippen LogP contribution in [-0.4, -0.2) is 20.7 Å². The number of rotatable bonds is 4. The second-order valence-corrected chi connectivity index (χ2v) is 5.73. The summed E-state index contributed by atoms with van der Waals surface area (Å²) in [6.07, 6.45) is 5.53. The fourth-order valence-electron chi connectivity index (χ4n) is 2.83. The fourth-order valence-corrected chi connectivity index (χ4v) is 2.83. The lowest BCUT2D eigenvalue weighted by Crippen LogP contribution is -2.25. The Morgan fingerprint density at radius 3 is 2.77 bits per heavy atom. The molecule has 0 saturated carbocycles. The van der Waals surface area contributed by atoms with Crippen LogP contribution in [0.3, 0.4) is 0 Å². The largest absolute Gasteiger partial charge is 0.345 e. The van der Waals surface area contributed by atoms with Crippen molar-refractivity contribution in [1.82, 2.24) is 20.1 Å². The number of carbonyl (C=O) groups is 1. The molecule has 22 heavy (non-hydrogen) atoms. The highest BCUT2D eigenvalue weighted by molar-refractivity contribution is 5.94. The highest BCUT2D eigenvalue weighted by atomic mass is 16.1. The molecule has 0 atom stereocenters. The van der Waals surface area contributed by atoms with Crippen LogP contribution in [0.4, 0.5) is 0 Å². The van der Waals surface area contributed by atoms with Crippen LogP contribution in [0.5, 0.6) is 0 Å². The van der Waals surface area contributed by atoms with Crippen LogP contribution in [0, 0.1) is 0 Å². The highest BCUT2D eigenvalue weighted by Crippen LogP contribution is 2.14. The van der Waals surface area contributed by atoms with Crippen molar-refractivity contribution in [2.45, 2.75) is 52.1 Å². The predicted octanol–water partition coefficient (Wildman–Crippen LogP) is 2.50. The monoisotopic (exact) mass is 298 g/mol. The topological polar surface area (TPSA) is 59.8 Å². The first-order chi connectivity index (χ1) is 10.8. The minimum Gasteiger partial charge on any atom is -0.345 e. The number of carbonyl (C=O) groups excluding carboxylic acids is 1. The minimum absolute atomic E-state index is 0.0615. The third kappa shape index (κ3) is 3.18. The maximum atomic E-state index is 12.2. The molecule has 5 nitrogen and oxygen atoms in total. The molecule has 2 aromatic rings. The van der Waals surface area contributed by atoms with Gasteiger partial charge in [-0.1, -0.05) is 25.5 Å². The van der Waals surface area contributed by atoms with E-state index in [1.807, 2.05) is 24.3 Å². The maximum Gasteiger partial charge on any atom is 0.251 e. The van der Waals surface area contributed by atoms with Crippen molar-refractivity contribution in [3.63, 3.8) is 0 Å². The first-order valence-electron chi connectivity index (χ1n) is 8.06. The van der Waals surface area contributed by atoms with E-state index in [0.29, 0.717) is 12.1 Å². The Morgan fingerprint density at radius 1 is 1.18 bits per heavy atom. The van der Waals surface area contributed by atoms with Crippen molar-refractivity contribution in [3.05, 3.63) is 47.0 Å². The van der Waals surface area contributed by atoms with Crippen molar-refractivity contribution >= 4 is 5.91 Å². The number of benzene rings is 1. The molecule has 1 aliphatic heterocycles. The SMILES string of the molecule is CCc1ccc(C(=O)NCc2nnc3n2CCCCC3)cc1. The number of hydrogen-bond acceptors (Lipinski definition) is 3. The summed E-state index contributed by atoms with van der Waals surface area (Å²) in [5, 5.41) is 11.4. The van der Waals surface area contributed by atoms with Crippen LogP contribution in [-0.2, 0) is 25.9 Å². The van der Waals surface area contributed by atoms with Crippen LogP contribution >= 0.6 is 0 Å². The number of nitrogens with zero attached hydrogens (tertiary/aromatic N) is 3. The summed E-state index contributed by atoms with van der Waals surface area (Å²) in [6, 6.07) is 7.74. The van der Waals surface area contributed by atoms with Gasteiger partial charge in [-0.3, -0.25) is 4.79 Å². The van der Waals surface area contributed by atoms with Crippen molar-refractivity contribution in [2.24, 2.45) is 0 Å². The van der Waals surface area contributed by atoms with E-state index in [1.54, 1.807) is 0 Å². The van der Waals surface area contributed by atoms with Gasteiger partial charge in [-0.15, -0.1) is 10.2 Å². The molecule has 116 valence electrons. The molecule has 0 saturated heterocycles. The zero-order valence-electron chi connectivity index (χ0n) is 13.0. The Morgan fingerprint density at radius 2 is 2.00 bits per heavy atom. The molecule has 0 fully saturated rings. The molecular formula is C17H22N4O. The molecule has 0 spiro atoms. The van der Waals surface area contributed by atoms with Crippen molar-refractivity contribution < 1.29 is 4.79 Å². The Bertz CT molecular complexity index is 645. The molecule has 1 amide bonds. The number of fused-ring (bicyclic) bond motifs is 1. The minimum atomic E-state index is -0.0615. The van der Waals surface area contributed by atoms with Crippen LogP contribution in [0.15, 0.2) is 24.3 Å². The smallest absolute Gasteiger partial charge is 0.251 e. The summed E-state index contributed by atoms with van der Waals surface area (Å²) in [5.41, 5.74) is 1.92. The molecule has 3 rings (SSSR count). The average molecular weight is 298 g/mol. The number of aryl methyl sites for hydroxylation is 2. The van der Waals surface area contributed by atoms with Crippen molar-refractivity contribution in [1.29, 1.82) is 0 Å². The van der Waals surface area contributed by atoms with E-state index >= 15 is 0 Å². The Balaban J connectivity index is 1.64. The zero-order chi connectivity index (χ0) is 15.4.